The Hall–Kier alpha value is -5.59. The zero-order chi connectivity index (χ0) is 26.2. The third kappa shape index (κ3) is 6.05. The molecule has 0 fully saturated rings. The fraction of sp³-hybridized carbons (Fsp3) is 0. The van der Waals surface area contributed by atoms with E-state index < -0.39 is 44.3 Å². The molecule has 0 bridgehead atoms. The van der Waals surface area contributed by atoms with E-state index in [1.54, 1.807) is 30.3 Å². The molecule has 0 spiro atoms. The van der Waals surface area contributed by atoms with Gasteiger partial charge in [-0.05, 0) is 24.3 Å². The second-order valence-electron chi connectivity index (χ2n) is 7.05. The lowest BCUT2D eigenvalue weighted by molar-refractivity contribution is -0.394. The number of hydrogen-bond donors (Lipinski definition) is 4. The maximum absolute atomic E-state index is 12.8. The number of nitrogens with one attached hydrogen (secondary N) is 2. The van der Waals surface area contributed by atoms with Gasteiger partial charge in [0, 0.05) is 17.2 Å². The minimum Gasteiger partial charge on any atom is -0.507 e. The highest BCUT2D eigenvalue weighted by molar-refractivity contribution is 6.05. The number of nitro groups is 2. The number of aromatic hydroxyl groups is 2. The predicted octanol–water partition coefficient (Wildman–Crippen LogP) is 2.84. The van der Waals surface area contributed by atoms with E-state index in [9.17, 15) is 40.0 Å². The van der Waals surface area contributed by atoms with Crippen LogP contribution >= 0.6 is 0 Å². The van der Waals surface area contributed by atoms with E-state index >= 15 is 0 Å². The van der Waals surface area contributed by atoms with Gasteiger partial charge in [0.15, 0.2) is 0 Å². The number of hydrazone groups is 1. The molecule has 36 heavy (non-hydrogen) atoms. The zero-order valence-electron chi connectivity index (χ0n) is 18.2. The average Bonchev–Trinajstić information content (AvgIpc) is 2.85. The molecule has 13 heteroatoms. The third-order valence-electron chi connectivity index (χ3n) is 4.65. The van der Waals surface area contributed by atoms with Gasteiger partial charge in [0.2, 0.25) is 5.75 Å². The molecule has 0 aliphatic rings. The van der Waals surface area contributed by atoms with Gasteiger partial charge in [-0.15, -0.1) is 0 Å². The first kappa shape index (κ1) is 25.0. The lowest BCUT2D eigenvalue weighted by Gasteiger charge is -2.10. The smallest absolute Gasteiger partial charge is 0.318 e. The van der Waals surface area contributed by atoms with E-state index in [4.69, 9.17) is 0 Å². The molecule has 3 rings (SSSR count). The number of benzene rings is 3. The second kappa shape index (κ2) is 11.0. The van der Waals surface area contributed by atoms with Crippen molar-refractivity contribution in [1.29, 1.82) is 0 Å². The van der Waals surface area contributed by atoms with Gasteiger partial charge >= 0.3 is 5.69 Å². The monoisotopic (exact) mass is 491 g/mol. The van der Waals surface area contributed by atoms with Gasteiger partial charge in [0.25, 0.3) is 17.5 Å². The molecule has 4 N–H and O–H groups in total. The van der Waals surface area contributed by atoms with Crippen LogP contribution in [-0.2, 0) is 4.79 Å². The Labute approximate surface area is 202 Å². The molecular weight excluding hydrogens is 474 g/mol. The Balaban J connectivity index is 1.90. The molecule has 3 aromatic carbocycles. The van der Waals surface area contributed by atoms with Crippen molar-refractivity contribution in [1.82, 2.24) is 10.7 Å². The summed E-state index contributed by atoms with van der Waals surface area (Å²) in [6.45, 7) is 0. The highest BCUT2D eigenvalue weighted by atomic mass is 16.6. The van der Waals surface area contributed by atoms with Crippen molar-refractivity contribution in [2.24, 2.45) is 5.10 Å². The van der Waals surface area contributed by atoms with Crippen LogP contribution < -0.4 is 10.7 Å². The Morgan fingerprint density at radius 2 is 1.56 bits per heavy atom. The summed E-state index contributed by atoms with van der Waals surface area (Å²) in [7, 11) is 0. The number of para-hydroxylation sites is 1. The Bertz CT molecular complexity index is 1400. The van der Waals surface area contributed by atoms with Gasteiger partial charge in [-0.1, -0.05) is 36.4 Å². The molecular formula is C23H17N5O8. The van der Waals surface area contributed by atoms with E-state index in [0.717, 1.165) is 12.3 Å². The largest absolute Gasteiger partial charge is 0.507 e. The molecule has 0 saturated heterocycles. The average molecular weight is 491 g/mol. The summed E-state index contributed by atoms with van der Waals surface area (Å²) < 4.78 is 0. The van der Waals surface area contributed by atoms with E-state index in [0.29, 0.717) is 6.07 Å². The van der Waals surface area contributed by atoms with Crippen LogP contribution in [0.25, 0.3) is 6.08 Å². The van der Waals surface area contributed by atoms with Crippen LogP contribution in [0.2, 0.25) is 0 Å². The first-order valence-electron chi connectivity index (χ1n) is 10.0. The predicted molar refractivity (Wildman–Crippen MR) is 127 cm³/mol. The normalized spacial score (nSPS) is 11.2. The van der Waals surface area contributed by atoms with Crippen molar-refractivity contribution in [2.75, 3.05) is 0 Å². The van der Waals surface area contributed by atoms with Crippen LogP contribution in [0.1, 0.15) is 21.5 Å². The van der Waals surface area contributed by atoms with Crippen molar-refractivity contribution in [2.45, 2.75) is 0 Å². The van der Waals surface area contributed by atoms with Crippen LogP contribution in [0.3, 0.4) is 0 Å². The molecule has 2 amide bonds. The molecule has 0 unspecified atom stereocenters. The van der Waals surface area contributed by atoms with Crippen molar-refractivity contribution >= 4 is 35.5 Å². The SMILES string of the molecule is O=C(NN=Cc1cc([N+](=O)[O-])cc([N+](=O)[O-])c1O)C(=Cc1ccccc1O)NC(=O)c1ccccc1. The third-order valence-corrected chi connectivity index (χ3v) is 4.65. The molecule has 0 radical (unpaired) electrons. The highest BCUT2D eigenvalue weighted by Gasteiger charge is 2.23. The van der Waals surface area contributed by atoms with Crippen LogP contribution in [0.4, 0.5) is 11.4 Å². The first-order chi connectivity index (χ1) is 17.2. The lowest BCUT2D eigenvalue weighted by atomic mass is 10.1. The summed E-state index contributed by atoms with van der Waals surface area (Å²) >= 11 is 0. The number of nitro benzene ring substituents is 2. The summed E-state index contributed by atoms with van der Waals surface area (Å²) in [6, 6.07) is 15.4. The second-order valence-corrected chi connectivity index (χ2v) is 7.05. The summed E-state index contributed by atoms with van der Waals surface area (Å²) in [5.74, 6) is -2.67. The number of non-ortho nitro benzene ring substituents is 1. The lowest BCUT2D eigenvalue weighted by Crippen LogP contribution is -2.32. The number of nitrogens with zero attached hydrogens (tertiary/aromatic N) is 3. The van der Waals surface area contributed by atoms with Crippen molar-refractivity contribution in [3.8, 4) is 11.5 Å². The number of amides is 2. The molecule has 0 aliphatic heterocycles. The minimum absolute atomic E-state index is 0.172. The van der Waals surface area contributed by atoms with Crippen molar-refractivity contribution in [3.05, 3.63) is 109 Å². The van der Waals surface area contributed by atoms with Gasteiger partial charge in [0.05, 0.1) is 27.7 Å². The maximum Gasteiger partial charge on any atom is 0.318 e. The summed E-state index contributed by atoms with van der Waals surface area (Å²) in [5.41, 5.74) is 0.179. The molecule has 0 atom stereocenters. The van der Waals surface area contributed by atoms with Crippen molar-refractivity contribution in [3.63, 3.8) is 0 Å². The summed E-state index contributed by atoms with van der Waals surface area (Å²) in [6.07, 6.45) is 1.96. The van der Waals surface area contributed by atoms with Crippen LogP contribution in [0.5, 0.6) is 11.5 Å². The van der Waals surface area contributed by atoms with Gasteiger partial charge in [-0.3, -0.25) is 29.8 Å². The van der Waals surface area contributed by atoms with E-state index in [1.165, 1.54) is 30.3 Å². The topological polar surface area (TPSA) is 197 Å². The molecule has 0 aliphatic carbocycles. The van der Waals surface area contributed by atoms with Crippen LogP contribution in [0.15, 0.2) is 77.5 Å². The number of carbonyl (C=O) groups excluding carboxylic acids is 2. The van der Waals surface area contributed by atoms with E-state index in [1.807, 2.05) is 0 Å². The molecule has 0 saturated carbocycles. The first-order valence-corrected chi connectivity index (χ1v) is 10.0. The zero-order valence-corrected chi connectivity index (χ0v) is 18.2. The summed E-state index contributed by atoms with van der Waals surface area (Å²) in [4.78, 5) is 45.6. The maximum atomic E-state index is 12.8. The minimum atomic E-state index is -1.01. The van der Waals surface area contributed by atoms with Gasteiger partial charge < -0.3 is 15.5 Å². The number of hydrogen-bond acceptors (Lipinski definition) is 9. The molecule has 182 valence electrons. The van der Waals surface area contributed by atoms with Crippen LogP contribution in [0, 0.1) is 20.2 Å². The number of phenols is 2. The highest BCUT2D eigenvalue weighted by Crippen LogP contribution is 2.33. The number of rotatable bonds is 8. The van der Waals surface area contributed by atoms with Gasteiger partial charge in [-0.25, -0.2) is 5.43 Å². The number of carbonyl (C=O) groups is 2. The fourth-order valence-electron chi connectivity index (χ4n) is 2.90. The number of phenolic OH excluding ortho intramolecular Hbond substituents is 2. The summed E-state index contributed by atoms with van der Waals surface area (Å²) in [5, 5.41) is 48.2. The molecule has 3 aromatic rings. The molecule has 0 aromatic heterocycles. The van der Waals surface area contributed by atoms with E-state index in [2.05, 4.69) is 15.8 Å². The molecule has 0 heterocycles. The quantitative estimate of drug-likeness (QED) is 0.160. The van der Waals surface area contributed by atoms with Gasteiger partial charge in [-0.2, -0.15) is 5.10 Å². The molecule has 13 nitrogen and oxygen atoms in total. The standard InChI is InChI=1S/C23H17N5O8/c29-20-9-5-4-8-15(20)11-18(25-22(31)14-6-2-1-3-7-14)23(32)26-24-13-16-10-17(27(33)34)12-19(21(16)30)28(35)36/h1-13,29-30H,(H,25,31)(H,26,32). The van der Waals surface area contributed by atoms with Crippen LogP contribution in [-0.4, -0.2) is 38.1 Å². The Kier molecular flexibility index (Phi) is 7.67. The van der Waals surface area contributed by atoms with Crippen molar-refractivity contribution < 1.29 is 29.6 Å². The van der Waals surface area contributed by atoms with Gasteiger partial charge in [0.1, 0.15) is 11.4 Å². The Morgan fingerprint density at radius 1 is 0.889 bits per heavy atom. The fourth-order valence-corrected chi connectivity index (χ4v) is 2.90. The Morgan fingerprint density at radius 3 is 2.19 bits per heavy atom. The van der Waals surface area contributed by atoms with E-state index in [-0.39, 0.29) is 22.6 Å².